The van der Waals surface area contributed by atoms with Crippen LogP contribution in [0.5, 0.6) is 0 Å². The van der Waals surface area contributed by atoms with Crippen molar-refractivity contribution < 1.29 is 14.3 Å². The average Bonchev–Trinajstić information content (AvgIpc) is 3.08. The van der Waals surface area contributed by atoms with E-state index in [9.17, 15) is 9.90 Å². The summed E-state index contributed by atoms with van der Waals surface area (Å²) in [7, 11) is 0. The number of nitrogens with one attached hydrogen (secondary N) is 1. The molecule has 2 N–H and O–H groups in total. The summed E-state index contributed by atoms with van der Waals surface area (Å²) in [6, 6.07) is 2.12. The van der Waals surface area contributed by atoms with Gasteiger partial charge in [-0.1, -0.05) is 19.3 Å². The first-order valence-corrected chi connectivity index (χ1v) is 8.44. The van der Waals surface area contributed by atoms with Crippen LogP contribution in [0.2, 0.25) is 0 Å². The number of carbonyl (C=O) groups is 1. The summed E-state index contributed by atoms with van der Waals surface area (Å²) in [6.45, 7) is 2.22. The van der Waals surface area contributed by atoms with Gasteiger partial charge in [0.1, 0.15) is 6.26 Å². The lowest BCUT2D eigenvalue weighted by atomic mass is 9.84. The van der Waals surface area contributed by atoms with Gasteiger partial charge in [0.05, 0.1) is 17.4 Å². The van der Waals surface area contributed by atoms with Crippen molar-refractivity contribution in [2.24, 2.45) is 0 Å². The monoisotopic (exact) mass is 306 g/mol. The van der Waals surface area contributed by atoms with Gasteiger partial charge in [-0.25, -0.2) is 0 Å². The van der Waals surface area contributed by atoms with E-state index in [4.69, 9.17) is 4.42 Å². The van der Waals surface area contributed by atoms with Crippen LogP contribution in [0.25, 0.3) is 0 Å². The first kappa shape index (κ1) is 15.6. The van der Waals surface area contributed by atoms with Crippen molar-refractivity contribution in [3.8, 4) is 0 Å². The molecule has 5 heteroatoms. The molecule has 0 spiro atoms. The molecule has 1 saturated carbocycles. The van der Waals surface area contributed by atoms with Crippen LogP contribution in [-0.2, 0) is 0 Å². The van der Waals surface area contributed by atoms with Gasteiger partial charge in [0.25, 0.3) is 5.91 Å². The number of amides is 1. The molecule has 22 heavy (non-hydrogen) atoms. The van der Waals surface area contributed by atoms with Gasteiger partial charge in [0.2, 0.25) is 0 Å². The third-order valence-electron chi connectivity index (χ3n) is 5.05. The fourth-order valence-electron chi connectivity index (χ4n) is 3.58. The molecule has 1 aliphatic carbocycles. The highest BCUT2D eigenvalue weighted by atomic mass is 16.3. The topological polar surface area (TPSA) is 65.7 Å². The number of rotatable bonds is 4. The molecule has 122 valence electrons. The molecule has 5 nitrogen and oxygen atoms in total. The predicted molar refractivity (Wildman–Crippen MR) is 83.7 cm³/mol. The largest absolute Gasteiger partial charge is 0.472 e. The van der Waals surface area contributed by atoms with Crippen molar-refractivity contribution in [3.63, 3.8) is 0 Å². The number of nitrogens with zero attached hydrogens (tertiary/aromatic N) is 1. The van der Waals surface area contributed by atoms with Crippen LogP contribution in [0, 0.1) is 0 Å². The van der Waals surface area contributed by atoms with E-state index in [-0.39, 0.29) is 5.91 Å². The van der Waals surface area contributed by atoms with Crippen LogP contribution in [0.3, 0.4) is 0 Å². The Morgan fingerprint density at radius 3 is 2.68 bits per heavy atom. The SMILES string of the molecule is O=C(c1ccoc1)N1CCC(NCC2(O)CCCCC2)CC1. The van der Waals surface area contributed by atoms with Crippen molar-refractivity contribution in [1.29, 1.82) is 0 Å². The van der Waals surface area contributed by atoms with Crippen LogP contribution < -0.4 is 5.32 Å². The van der Waals surface area contributed by atoms with Crippen LogP contribution in [-0.4, -0.2) is 47.2 Å². The summed E-state index contributed by atoms with van der Waals surface area (Å²) in [5, 5.41) is 14.0. The van der Waals surface area contributed by atoms with Gasteiger partial charge in [-0.05, 0) is 31.7 Å². The van der Waals surface area contributed by atoms with Crippen molar-refractivity contribution in [2.75, 3.05) is 19.6 Å². The molecule has 3 rings (SSSR count). The first-order chi connectivity index (χ1) is 10.7. The maximum Gasteiger partial charge on any atom is 0.257 e. The lowest BCUT2D eigenvalue weighted by Crippen LogP contribution is -2.50. The molecule has 1 aromatic rings. The molecule has 0 unspecified atom stereocenters. The second kappa shape index (κ2) is 6.84. The highest BCUT2D eigenvalue weighted by molar-refractivity contribution is 5.93. The Balaban J connectivity index is 1.43. The van der Waals surface area contributed by atoms with Gasteiger partial charge in [-0.15, -0.1) is 0 Å². The minimum atomic E-state index is -0.512. The smallest absolute Gasteiger partial charge is 0.257 e. The lowest BCUT2D eigenvalue weighted by molar-refractivity contribution is 0.000762. The van der Waals surface area contributed by atoms with Crippen molar-refractivity contribution >= 4 is 5.91 Å². The quantitative estimate of drug-likeness (QED) is 0.895. The van der Waals surface area contributed by atoms with E-state index in [1.165, 1.54) is 18.9 Å². The van der Waals surface area contributed by atoms with Crippen molar-refractivity contribution in [2.45, 2.75) is 56.6 Å². The van der Waals surface area contributed by atoms with Crippen LogP contribution in [0.15, 0.2) is 23.0 Å². The molecule has 1 saturated heterocycles. The van der Waals surface area contributed by atoms with Crippen LogP contribution in [0.1, 0.15) is 55.3 Å². The summed E-state index contributed by atoms with van der Waals surface area (Å²) in [5.74, 6) is 0.0538. The van der Waals surface area contributed by atoms with Gasteiger partial charge in [-0.3, -0.25) is 4.79 Å². The normalized spacial score (nSPS) is 22.7. The molecule has 2 heterocycles. The van der Waals surface area contributed by atoms with Gasteiger partial charge in [-0.2, -0.15) is 0 Å². The molecule has 0 atom stereocenters. The zero-order valence-corrected chi connectivity index (χ0v) is 13.1. The average molecular weight is 306 g/mol. The molecule has 2 aliphatic rings. The van der Waals surface area contributed by atoms with Crippen molar-refractivity contribution in [3.05, 3.63) is 24.2 Å². The Labute approximate surface area is 131 Å². The Hall–Kier alpha value is -1.33. The van der Waals surface area contributed by atoms with E-state index in [2.05, 4.69) is 5.32 Å². The van der Waals surface area contributed by atoms with Crippen LogP contribution in [0.4, 0.5) is 0 Å². The number of carbonyl (C=O) groups excluding carboxylic acids is 1. The number of likely N-dealkylation sites (tertiary alicyclic amines) is 1. The number of hydrogen-bond donors (Lipinski definition) is 2. The van der Waals surface area contributed by atoms with Gasteiger partial charge in [0, 0.05) is 25.7 Å². The molecule has 0 aromatic carbocycles. The minimum absolute atomic E-state index is 0.0538. The fraction of sp³-hybridized carbons (Fsp3) is 0.706. The maximum absolute atomic E-state index is 12.2. The molecule has 1 amide bonds. The highest BCUT2D eigenvalue weighted by Gasteiger charge is 2.31. The van der Waals surface area contributed by atoms with E-state index in [0.29, 0.717) is 18.2 Å². The molecule has 2 fully saturated rings. The van der Waals surface area contributed by atoms with E-state index in [1.54, 1.807) is 6.07 Å². The second-order valence-electron chi connectivity index (χ2n) is 6.74. The van der Waals surface area contributed by atoms with E-state index in [0.717, 1.165) is 51.6 Å². The van der Waals surface area contributed by atoms with Crippen molar-refractivity contribution in [1.82, 2.24) is 10.2 Å². The standard InChI is InChI=1S/C17H26N2O3/c20-16(14-6-11-22-12-14)19-9-4-15(5-10-19)18-13-17(21)7-2-1-3-8-17/h6,11-12,15,18,21H,1-5,7-10,13H2. The van der Waals surface area contributed by atoms with Gasteiger partial charge in [0.15, 0.2) is 0 Å². The molecule has 0 bridgehead atoms. The zero-order valence-electron chi connectivity index (χ0n) is 13.1. The number of piperidine rings is 1. The lowest BCUT2D eigenvalue weighted by Gasteiger charge is -2.36. The number of aliphatic hydroxyl groups is 1. The van der Waals surface area contributed by atoms with E-state index >= 15 is 0 Å². The summed E-state index contributed by atoms with van der Waals surface area (Å²) in [5.41, 5.74) is 0.116. The Bertz CT molecular complexity index is 472. The number of hydrogen-bond acceptors (Lipinski definition) is 4. The molecular formula is C17H26N2O3. The van der Waals surface area contributed by atoms with Gasteiger partial charge < -0.3 is 19.7 Å². The molecule has 0 radical (unpaired) electrons. The third kappa shape index (κ3) is 3.70. The maximum atomic E-state index is 12.2. The summed E-state index contributed by atoms with van der Waals surface area (Å²) in [6.07, 6.45) is 10.3. The molecule has 1 aliphatic heterocycles. The Kier molecular flexibility index (Phi) is 4.84. The summed E-state index contributed by atoms with van der Waals surface area (Å²) >= 11 is 0. The fourth-order valence-corrected chi connectivity index (χ4v) is 3.58. The highest BCUT2D eigenvalue weighted by Crippen LogP contribution is 2.27. The molecule has 1 aromatic heterocycles. The Morgan fingerprint density at radius 1 is 1.32 bits per heavy atom. The second-order valence-corrected chi connectivity index (χ2v) is 6.74. The van der Waals surface area contributed by atoms with Gasteiger partial charge >= 0.3 is 0 Å². The zero-order chi connectivity index (χ0) is 15.4. The third-order valence-corrected chi connectivity index (χ3v) is 5.05. The predicted octanol–water partition coefficient (Wildman–Crippen LogP) is 2.17. The number of furan rings is 1. The van der Waals surface area contributed by atoms with E-state index < -0.39 is 5.60 Å². The van der Waals surface area contributed by atoms with E-state index in [1.807, 2.05) is 4.90 Å². The summed E-state index contributed by atoms with van der Waals surface area (Å²) < 4.78 is 4.98. The molecular weight excluding hydrogens is 280 g/mol. The van der Waals surface area contributed by atoms with Crippen LogP contribution >= 0.6 is 0 Å². The summed E-state index contributed by atoms with van der Waals surface area (Å²) in [4.78, 5) is 14.1. The first-order valence-electron chi connectivity index (χ1n) is 8.44. The minimum Gasteiger partial charge on any atom is -0.472 e. The Morgan fingerprint density at radius 2 is 2.05 bits per heavy atom.